The molecule has 2 aromatic carbocycles. The number of pyridine rings is 1. The first-order valence-electron chi connectivity index (χ1n) is 9.52. The Morgan fingerprint density at radius 1 is 1.13 bits per heavy atom. The summed E-state index contributed by atoms with van der Waals surface area (Å²) in [5.74, 6) is -0.796. The molecule has 0 radical (unpaired) electrons. The van der Waals surface area contributed by atoms with Crippen LogP contribution in [0.3, 0.4) is 0 Å². The second-order valence-corrected chi connectivity index (χ2v) is 6.79. The normalized spacial score (nSPS) is 10.9. The van der Waals surface area contributed by atoms with Crippen LogP contribution in [0.15, 0.2) is 65.6 Å². The Morgan fingerprint density at radius 2 is 1.93 bits per heavy atom. The molecule has 30 heavy (non-hydrogen) atoms. The van der Waals surface area contributed by atoms with Crippen molar-refractivity contribution in [1.29, 1.82) is 0 Å². The van der Waals surface area contributed by atoms with Crippen molar-refractivity contribution < 1.29 is 9.18 Å². The van der Waals surface area contributed by atoms with Crippen LogP contribution < -0.4 is 10.9 Å². The maximum atomic E-state index is 13.9. The van der Waals surface area contributed by atoms with Crippen LogP contribution in [0, 0.1) is 5.82 Å². The summed E-state index contributed by atoms with van der Waals surface area (Å²) in [6, 6.07) is 15.0. The molecule has 2 heterocycles. The van der Waals surface area contributed by atoms with E-state index < -0.39 is 11.4 Å². The number of benzene rings is 2. The van der Waals surface area contributed by atoms with Gasteiger partial charge in [-0.3, -0.25) is 14.6 Å². The monoisotopic (exact) mass is 402 g/mol. The Balaban J connectivity index is 2.00. The first-order chi connectivity index (χ1) is 14.5. The van der Waals surface area contributed by atoms with Gasteiger partial charge in [0.1, 0.15) is 17.2 Å². The van der Waals surface area contributed by atoms with Gasteiger partial charge in [-0.15, -0.1) is 0 Å². The Morgan fingerprint density at radius 3 is 2.67 bits per heavy atom. The van der Waals surface area contributed by atoms with Gasteiger partial charge in [0.15, 0.2) is 5.78 Å². The quantitative estimate of drug-likeness (QED) is 0.495. The summed E-state index contributed by atoms with van der Waals surface area (Å²) in [4.78, 5) is 30.1. The number of aromatic nitrogens is 3. The lowest BCUT2D eigenvalue weighted by Gasteiger charge is -2.17. The lowest BCUT2D eigenvalue weighted by molar-refractivity contribution is 0.101. The summed E-state index contributed by atoms with van der Waals surface area (Å²) in [5, 5.41) is 8.30. The number of ketones is 1. The molecule has 4 aromatic rings. The van der Waals surface area contributed by atoms with E-state index in [0.717, 1.165) is 10.9 Å². The number of carbonyl (C=O) groups is 1. The standard InChI is InChI=1S/C23H19FN4O2/c1-3-28-23(30)22(26-19-11-5-10-18-17(19)9-6-12-25-18)20(14(2)29)21(27-28)15-7-4-8-16(24)13-15/h4-13,26H,3H2,1-2H3. The van der Waals surface area contributed by atoms with Crippen molar-refractivity contribution in [2.45, 2.75) is 20.4 Å². The van der Waals surface area contributed by atoms with Gasteiger partial charge in [0.05, 0.1) is 11.1 Å². The number of carbonyl (C=O) groups excluding carboxylic acids is 1. The Labute approximate surface area is 172 Å². The molecule has 0 fully saturated rings. The van der Waals surface area contributed by atoms with E-state index in [1.54, 1.807) is 31.3 Å². The van der Waals surface area contributed by atoms with Crippen LogP contribution in [-0.4, -0.2) is 20.5 Å². The van der Waals surface area contributed by atoms with Gasteiger partial charge in [0, 0.05) is 29.4 Å². The number of halogens is 1. The van der Waals surface area contributed by atoms with E-state index in [9.17, 15) is 14.0 Å². The average molecular weight is 402 g/mol. The molecule has 150 valence electrons. The van der Waals surface area contributed by atoms with E-state index in [2.05, 4.69) is 15.4 Å². The molecule has 6 nitrogen and oxygen atoms in total. The van der Waals surface area contributed by atoms with Gasteiger partial charge >= 0.3 is 0 Å². The highest BCUT2D eigenvalue weighted by Crippen LogP contribution is 2.30. The molecule has 7 heteroatoms. The third kappa shape index (κ3) is 3.45. The Kier molecular flexibility index (Phi) is 5.10. The highest BCUT2D eigenvalue weighted by atomic mass is 19.1. The van der Waals surface area contributed by atoms with Crippen LogP contribution in [-0.2, 0) is 6.54 Å². The first kappa shape index (κ1) is 19.4. The summed E-state index contributed by atoms with van der Waals surface area (Å²) >= 11 is 0. The second kappa shape index (κ2) is 7.87. The highest BCUT2D eigenvalue weighted by molar-refractivity contribution is 6.06. The molecule has 0 amide bonds. The largest absolute Gasteiger partial charge is 0.350 e. The van der Waals surface area contributed by atoms with Crippen molar-refractivity contribution in [3.63, 3.8) is 0 Å². The van der Waals surface area contributed by atoms with Crippen LogP contribution in [0.25, 0.3) is 22.2 Å². The fraction of sp³-hybridized carbons (Fsp3) is 0.130. The minimum atomic E-state index is -0.451. The smallest absolute Gasteiger partial charge is 0.291 e. The van der Waals surface area contributed by atoms with E-state index in [-0.39, 0.29) is 22.7 Å². The van der Waals surface area contributed by atoms with Crippen molar-refractivity contribution >= 4 is 28.1 Å². The fourth-order valence-corrected chi connectivity index (χ4v) is 3.43. The molecule has 0 saturated heterocycles. The zero-order chi connectivity index (χ0) is 21.3. The molecule has 0 aliphatic rings. The average Bonchev–Trinajstić information content (AvgIpc) is 2.75. The number of nitrogens with one attached hydrogen (secondary N) is 1. The fourth-order valence-electron chi connectivity index (χ4n) is 3.43. The third-order valence-corrected chi connectivity index (χ3v) is 4.81. The van der Waals surface area contributed by atoms with Crippen LogP contribution in [0.4, 0.5) is 15.8 Å². The number of anilines is 2. The maximum Gasteiger partial charge on any atom is 0.291 e. The molecule has 4 rings (SSSR count). The van der Waals surface area contributed by atoms with Crippen LogP contribution in [0.5, 0.6) is 0 Å². The van der Waals surface area contributed by atoms with Crippen molar-refractivity contribution in [2.24, 2.45) is 0 Å². The maximum absolute atomic E-state index is 13.9. The topological polar surface area (TPSA) is 76.9 Å². The summed E-state index contributed by atoms with van der Waals surface area (Å²) in [6.07, 6.45) is 1.69. The predicted octanol–water partition coefficient (Wildman–Crippen LogP) is 4.56. The zero-order valence-corrected chi connectivity index (χ0v) is 16.5. The molecule has 0 bridgehead atoms. The van der Waals surface area contributed by atoms with Gasteiger partial charge in [0.25, 0.3) is 5.56 Å². The Hall–Kier alpha value is -3.87. The van der Waals surface area contributed by atoms with Crippen LogP contribution in [0.2, 0.25) is 0 Å². The van der Waals surface area contributed by atoms with E-state index in [0.29, 0.717) is 17.8 Å². The molecule has 0 spiro atoms. The Bertz CT molecular complexity index is 1330. The number of rotatable bonds is 5. The number of aryl methyl sites for hydroxylation is 1. The molecule has 1 N–H and O–H groups in total. The molecule has 0 unspecified atom stereocenters. The summed E-state index contributed by atoms with van der Waals surface area (Å²) in [6.45, 7) is 3.44. The van der Waals surface area contributed by atoms with Crippen LogP contribution in [0.1, 0.15) is 24.2 Å². The highest BCUT2D eigenvalue weighted by Gasteiger charge is 2.22. The first-order valence-corrected chi connectivity index (χ1v) is 9.52. The van der Waals surface area contributed by atoms with Crippen LogP contribution >= 0.6 is 0 Å². The molecule has 2 aromatic heterocycles. The molecular formula is C23H19FN4O2. The summed E-state index contributed by atoms with van der Waals surface area (Å²) < 4.78 is 15.1. The summed E-state index contributed by atoms with van der Waals surface area (Å²) in [5.41, 5.74) is 1.87. The molecule has 0 aliphatic carbocycles. The van der Waals surface area contributed by atoms with Crippen molar-refractivity contribution in [2.75, 3.05) is 5.32 Å². The number of Topliss-reactive ketones (excluding diaryl/α,β-unsaturated/α-hetero) is 1. The van der Waals surface area contributed by atoms with E-state index in [1.165, 1.54) is 23.7 Å². The number of nitrogens with zero attached hydrogens (tertiary/aromatic N) is 3. The van der Waals surface area contributed by atoms with Gasteiger partial charge in [-0.2, -0.15) is 5.10 Å². The number of hydrogen-bond donors (Lipinski definition) is 1. The lowest BCUT2D eigenvalue weighted by Crippen LogP contribution is -2.28. The second-order valence-electron chi connectivity index (χ2n) is 6.79. The van der Waals surface area contributed by atoms with Crippen molar-refractivity contribution in [3.05, 3.63) is 82.5 Å². The van der Waals surface area contributed by atoms with E-state index in [4.69, 9.17) is 0 Å². The predicted molar refractivity (Wildman–Crippen MR) is 115 cm³/mol. The SMILES string of the molecule is CCn1nc(-c2cccc(F)c2)c(C(C)=O)c(Nc2cccc3ncccc23)c1=O. The molecular weight excluding hydrogens is 383 g/mol. The van der Waals surface area contributed by atoms with Gasteiger partial charge in [-0.1, -0.05) is 18.2 Å². The van der Waals surface area contributed by atoms with Gasteiger partial charge in [-0.05, 0) is 50.2 Å². The van der Waals surface area contributed by atoms with Crippen molar-refractivity contribution in [3.8, 4) is 11.3 Å². The zero-order valence-electron chi connectivity index (χ0n) is 16.5. The van der Waals surface area contributed by atoms with E-state index >= 15 is 0 Å². The number of hydrogen-bond acceptors (Lipinski definition) is 5. The minimum absolute atomic E-state index is 0.106. The molecule has 0 saturated carbocycles. The van der Waals surface area contributed by atoms with E-state index in [1.807, 2.05) is 24.3 Å². The molecule has 0 aliphatic heterocycles. The van der Waals surface area contributed by atoms with Crippen molar-refractivity contribution in [1.82, 2.24) is 14.8 Å². The summed E-state index contributed by atoms with van der Waals surface area (Å²) in [7, 11) is 0. The lowest BCUT2D eigenvalue weighted by atomic mass is 10.0. The molecule has 0 atom stereocenters. The van der Waals surface area contributed by atoms with Gasteiger partial charge in [-0.25, -0.2) is 9.07 Å². The van der Waals surface area contributed by atoms with Gasteiger partial charge < -0.3 is 5.32 Å². The van der Waals surface area contributed by atoms with Gasteiger partial charge in [0.2, 0.25) is 0 Å². The third-order valence-electron chi connectivity index (χ3n) is 4.81. The number of fused-ring (bicyclic) bond motifs is 1. The minimum Gasteiger partial charge on any atom is -0.350 e.